The first kappa shape index (κ1) is 20.5. The highest BCUT2D eigenvalue weighted by atomic mass is 32.2. The standard InChI is InChI=1S/C20H29N3O2S/c1-23(14-17-8-10-18(26-2)11-9-17)15-19(24)22-20(25)21-13-12-16-6-4-3-5-7-16/h6,8-11H,3-5,7,12-15H2,1-2H3,(H2,21,22,24,25). The zero-order valence-corrected chi connectivity index (χ0v) is 16.5. The van der Waals surface area contributed by atoms with Gasteiger partial charge in [-0.15, -0.1) is 11.8 Å². The van der Waals surface area contributed by atoms with E-state index in [1.807, 2.05) is 18.2 Å². The largest absolute Gasteiger partial charge is 0.337 e. The molecule has 1 aliphatic carbocycles. The van der Waals surface area contributed by atoms with Crippen molar-refractivity contribution in [3.8, 4) is 0 Å². The summed E-state index contributed by atoms with van der Waals surface area (Å²) in [5.41, 5.74) is 2.55. The molecule has 0 aromatic heterocycles. The molecule has 0 unspecified atom stereocenters. The number of thioether (sulfide) groups is 1. The molecule has 0 radical (unpaired) electrons. The van der Waals surface area contributed by atoms with E-state index in [9.17, 15) is 9.59 Å². The van der Waals surface area contributed by atoms with Crippen molar-refractivity contribution < 1.29 is 9.59 Å². The van der Waals surface area contributed by atoms with Crippen molar-refractivity contribution in [1.82, 2.24) is 15.5 Å². The molecule has 0 bridgehead atoms. The van der Waals surface area contributed by atoms with Crippen LogP contribution in [0.25, 0.3) is 0 Å². The molecule has 2 rings (SSSR count). The maximum atomic E-state index is 12.0. The highest BCUT2D eigenvalue weighted by molar-refractivity contribution is 7.98. The first-order valence-corrected chi connectivity index (χ1v) is 10.4. The quantitative estimate of drug-likeness (QED) is 0.539. The molecule has 1 aliphatic rings. The molecule has 0 atom stereocenters. The average Bonchev–Trinajstić information content (AvgIpc) is 2.63. The summed E-state index contributed by atoms with van der Waals surface area (Å²) in [7, 11) is 1.87. The van der Waals surface area contributed by atoms with Crippen molar-refractivity contribution in [2.45, 2.75) is 43.5 Å². The summed E-state index contributed by atoms with van der Waals surface area (Å²) in [5, 5.41) is 5.16. The number of amides is 3. The molecule has 6 heteroatoms. The molecule has 1 aromatic rings. The topological polar surface area (TPSA) is 61.4 Å². The number of benzene rings is 1. The number of nitrogens with zero attached hydrogens (tertiary/aromatic N) is 1. The molecule has 3 amide bonds. The molecule has 0 heterocycles. The van der Waals surface area contributed by atoms with Gasteiger partial charge in [0.05, 0.1) is 6.54 Å². The van der Waals surface area contributed by atoms with Gasteiger partial charge >= 0.3 is 6.03 Å². The van der Waals surface area contributed by atoms with Gasteiger partial charge < -0.3 is 5.32 Å². The minimum atomic E-state index is -0.413. The second-order valence-corrected chi connectivity index (χ2v) is 7.56. The molecule has 0 saturated carbocycles. The molecule has 0 aliphatic heterocycles. The van der Waals surface area contributed by atoms with E-state index in [0.717, 1.165) is 24.8 Å². The minimum absolute atomic E-state index is 0.183. The van der Waals surface area contributed by atoms with E-state index < -0.39 is 6.03 Å². The van der Waals surface area contributed by atoms with Crippen molar-refractivity contribution in [2.75, 3.05) is 26.4 Å². The maximum Gasteiger partial charge on any atom is 0.321 e. The van der Waals surface area contributed by atoms with Crippen LogP contribution in [-0.4, -0.2) is 43.2 Å². The predicted molar refractivity (Wildman–Crippen MR) is 107 cm³/mol. The minimum Gasteiger partial charge on any atom is -0.337 e. The van der Waals surface area contributed by atoms with E-state index in [2.05, 4.69) is 41.0 Å². The Hall–Kier alpha value is -1.79. The smallest absolute Gasteiger partial charge is 0.321 e. The number of urea groups is 1. The van der Waals surface area contributed by atoms with E-state index in [1.165, 1.54) is 23.3 Å². The summed E-state index contributed by atoms with van der Waals surface area (Å²) in [5.74, 6) is -0.289. The van der Waals surface area contributed by atoms with Gasteiger partial charge in [-0.05, 0) is 63.1 Å². The lowest BCUT2D eigenvalue weighted by molar-refractivity contribution is -0.120. The highest BCUT2D eigenvalue weighted by Crippen LogP contribution is 2.19. The van der Waals surface area contributed by atoms with Crippen LogP contribution in [0.3, 0.4) is 0 Å². The van der Waals surface area contributed by atoms with Crippen molar-refractivity contribution >= 4 is 23.7 Å². The fourth-order valence-electron chi connectivity index (χ4n) is 3.02. The number of imide groups is 1. The summed E-state index contributed by atoms with van der Waals surface area (Å²) in [6, 6.07) is 7.86. The molecule has 2 N–H and O–H groups in total. The van der Waals surface area contributed by atoms with Crippen LogP contribution >= 0.6 is 11.8 Å². The van der Waals surface area contributed by atoms with Crippen molar-refractivity contribution in [2.24, 2.45) is 0 Å². The van der Waals surface area contributed by atoms with Crippen LogP contribution in [0.15, 0.2) is 40.8 Å². The molecule has 26 heavy (non-hydrogen) atoms. The van der Waals surface area contributed by atoms with Crippen LogP contribution in [0.2, 0.25) is 0 Å². The molecular formula is C20H29N3O2S. The SMILES string of the molecule is CSc1ccc(CN(C)CC(=O)NC(=O)NCCC2=CCCCC2)cc1. The summed E-state index contributed by atoms with van der Waals surface area (Å²) in [6.07, 6.45) is 9.96. The Morgan fingerprint density at radius 2 is 1.96 bits per heavy atom. The summed E-state index contributed by atoms with van der Waals surface area (Å²) < 4.78 is 0. The van der Waals surface area contributed by atoms with Gasteiger partial charge in [0, 0.05) is 18.0 Å². The molecule has 0 saturated heterocycles. The van der Waals surface area contributed by atoms with Gasteiger partial charge in [-0.2, -0.15) is 0 Å². The van der Waals surface area contributed by atoms with Crippen LogP contribution in [0.5, 0.6) is 0 Å². The van der Waals surface area contributed by atoms with Crippen LogP contribution in [-0.2, 0) is 11.3 Å². The van der Waals surface area contributed by atoms with Crippen molar-refractivity contribution in [1.29, 1.82) is 0 Å². The van der Waals surface area contributed by atoms with Gasteiger partial charge in [-0.3, -0.25) is 15.0 Å². The Kier molecular flexibility index (Phi) is 8.71. The number of hydrogen-bond donors (Lipinski definition) is 2. The summed E-state index contributed by atoms with van der Waals surface area (Å²) >= 11 is 1.70. The number of carbonyl (C=O) groups is 2. The molecule has 142 valence electrons. The van der Waals surface area contributed by atoms with Gasteiger partial charge in [0.15, 0.2) is 0 Å². The van der Waals surface area contributed by atoms with E-state index in [1.54, 1.807) is 11.8 Å². The van der Waals surface area contributed by atoms with E-state index in [0.29, 0.717) is 13.1 Å². The Bertz CT molecular complexity index is 628. The lowest BCUT2D eigenvalue weighted by Gasteiger charge is -2.16. The molecule has 0 fully saturated rings. The Morgan fingerprint density at radius 1 is 1.19 bits per heavy atom. The lowest BCUT2D eigenvalue weighted by Crippen LogP contribution is -2.43. The number of rotatable bonds is 8. The third-order valence-electron chi connectivity index (χ3n) is 4.39. The van der Waals surface area contributed by atoms with E-state index >= 15 is 0 Å². The zero-order valence-electron chi connectivity index (χ0n) is 15.7. The third-order valence-corrected chi connectivity index (χ3v) is 5.14. The van der Waals surface area contributed by atoms with Crippen LogP contribution < -0.4 is 10.6 Å². The van der Waals surface area contributed by atoms with Crippen LogP contribution in [0.1, 0.15) is 37.7 Å². The number of carbonyl (C=O) groups excluding carboxylic acids is 2. The summed E-state index contributed by atoms with van der Waals surface area (Å²) in [4.78, 5) is 26.9. The molecule has 5 nitrogen and oxygen atoms in total. The second kappa shape index (κ2) is 11.0. The van der Waals surface area contributed by atoms with Gasteiger partial charge in [0.1, 0.15) is 0 Å². The number of nitrogens with one attached hydrogen (secondary N) is 2. The number of allylic oxidation sites excluding steroid dienone is 1. The second-order valence-electron chi connectivity index (χ2n) is 6.68. The predicted octanol–water partition coefficient (Wildman–Crippen LogP) is 3.56. The molecule has 1 aromatic carbocycles. The highest BCUT2D eigenvalue weighted by Gasteiger charge is 2.11. The fraction of sp³-hybridized carbons (Fsp3) is 0.500. The normalized spacial score (nSPS) is 14.0. The first-order chi connectivity index (χ1) is 12.6. The van der Waals surface area contributed by atoms with Crippen molar-refractivity contribution in [3.63, 3.8) is 0 Å². The number of likely N-dealkylation sites (N-methyl/N-ethyl adjacent to an activating group) is 1. The average molecular weight is 376 g/mol. The third kappa shape index (κ3) is 7.62. The van der Waals surface area contributed by atoms with Gasteiger partial charge in [0.2, 0.25) is 5.91 Å². The van der Waals surface area contributed by atoms with Crippen molar-refractivity contribution in [3.05, 3.63) is 41.5 Å². The molecule has 0 spiro atoms. The summed E-state index contributed by atoms with van der Waals surface area (Å²) in [6.45, 7) is 1.42. The Morgan fingerprint density at radius 3 is 2.62 bits per heavy atom. The number of hydrogen-bond acceptors (Lipinski definition) is 4. The van der Waals surface area contributed by atoms with Crippen LogP contribution in [0, 0.1) is 0 Å². The van der Waals surface area contributed by atoms with Gasteiger partial charge in [0.25, 0.3) is 0 Å². The van der Waals surface area contributed by atoms with E-state index in [-0.39, 0.29) is 12.5 Å². The Balaban J connectivity index is 1.64. The zero-order chi connectivity index (χ0) is 18.8. The first-order valence-electron chi connectivity index (χ1n) is 9.14. The fourth-order valence-corrected chi connectivity index (χ4v) is 3.43. The lowest BCUT2D eigenvalue weighted by atomic mass is 9.97. The molecular weight excluding hydrogens is 346 g/mol. The van der Waals surface area contributed by atoms with E-state index in [4.69, 9.17) is 0 Å². The van der Waals surface area contributed by atoms with Gasteiger partial charge in [-0.25, -0.2) is 4.79 Å². The monoisotopic (exact) mass is 375 g/mol. The van der Waals surface area contributed by atoms with Crippen LogP contribution in [0.4, 0.5) is 4.79 Å². The van der Waals surface area contributed by atoms with Gasteiger partial charge in [-0.1, -0.05) is 23.8 Å². The maximum absolute atomic E-state index is 12.0. The Labute approximate surface area is 160 Å².